The molecule has 1 fully saturated rings. The highest BCUT2D eigenvalue weighted by Gasteiger charge is 2.21. The van der Waals surface area contributed by atoms with Gasteiger partial charge in [0, 0.05) is 12.6 Å². The van der Waals surface area contributed by atoms with E-state index in [4.69, 9.17) is 13.9 Å². The third-order valence-electron chi connectivity index (χ3n) is 3.27. The van der Waals surface area contributed by atoms with Crippen LogP contribution in [0.5, 0.6) is 0 Å². The Morgan fingerprint density at radius 1 is 1.47 bits per heavy atom. The van der Waals surface area contributed by atoms with E-state index >= 15 is 0 Å². The lowest BCUT2D eigenvalue weighted by Crippen LogP contribution is -2.16. The number of nitrogens with one attached hydrogen (secondary N) is 1. The minimum atomic E-state index is 0.0957. The quantitative estimate of drug-likeness (QED) is 0.747. The molecule has 19 heavy (non-hydrogen) atoms. The second kappa shape index (κ2) is 7.08. The van der Waals surface area contributed by atoms with Gasteiger partial charge < -0.3 is 19.2 Å². The molecule has 1 aliphatic carbocycles. The molecule has 1 atom stereocenters. The van der Waals surface area contributed by atoms with Gasteiger partial charge >= 0.3 is 0 Å². The average Bonchev–Trinajstić information content (AvgIpc) is 3.15. The summed E-state index contributed by atoms with van der Waals surface area (Å²) in [7, 11) is 0. The van der Waals surface area contributed by atoms with E-state index in [-0.39, 0.29) is 6.10 Å². The van der Waals surface area contributed by atoms with Crippen molar-refractivity contribution in [1.29, 1.82) is 0 Å². The van der Waals surface area contributed by atoms with Crippen LogP contribution in [-0.2, 0) is 22.6 Å². The Morgan fingerprint density at radius 3 is 2.95 bits per heavy atom. The molecule has 1 unspecified atom stereocenters. The SMILES string of the molecule is CCOCC(C)OCc1cc(C)c(CNC2CC2)o1. The molecule has 0 aromatic carbocycles. The molecular weight excluding hydrogens is 242 g/mol. The highest BCUT2D eigenvalue weighted by Crippen LogP contribution is 2.21. The fourth-order valence-corrected chi connectivity index (χ4v) is 1.92. The molecule has 108 valence electrons. The Labute approximate surface area is 115 Å². The molecular formula is C15H25NO3. The number of hydrogen-bond donors (Lipinski definition) is 1. The van der Waals surface area contributed by atoms with Gasteiger partial charge in [-0.1, -0.05) is 0 Å². The van der Waals surface area contributed by atoms with E-state index in [0.29, 0.717) is 19.3 Å². The van der Waals surface area contributed by atoms with Crippen molar-refractivity contribution in [2.45, 2.75) is 58.9 Å². The number of aryl methyl sites for hydroxylation is 1. The van der Waals surface area contributed by atoms with Gasteiger partial charge in [0.2, 0.25) is 0 Å². The van der Waals surface area contributed by atoms with Crippen LogP contribution in [0.2, 0.25) is 0 Å². The summed E-state index contributed by atoms with van der Waals surface area (Å²) in [6.45, 7) is 8.78. The van der Waals surface area contributed by atoms with Crippen LogP contribution < -0.4 is 5.32 Å². The summed E-state index contributed by atoms with van der Waals surface area (Å²) in [5, 5.41) is 3.47. The Morgan fingerprint density at radius 2 is 2.26 bits per heavy atom. The number of ether oxygens (including phenoxy) is 2. The van der Waals surface area contributed by atoms with Crippen molar-refractivity contribution >= 4 is 0 Å². The van der Waals surface area contributed by atoms with E-state index in [1.54, 1.807) is 0 Å². The normalized spacial score (nSPS) is 16.8. The smallest absolute Gasteiger partial charge is 0.130 e. The van der Waals surface area contributed by atoms with Crippen molar-refractivity contribution in [3.63, 3.8) is 0 Å². The fraction of sp³-hybridized carbons (Fsp3) is 0.733. The molecule has 0 bridgehead atoms. The van der Waals surface area contributed by atoms with Gasteiger partial charge in [-0.25, -0.2) is 0 Å². The maximum atomic E-state index is 5.82. The van der Waals surface area contributed by atoms with Crippen LogP contribution in [-0.4, -0.2) is 25.4 Å². The van der Waals surface area contributed by atoms with Crippen LogP contribution in [0.1, 0.15) is 43.8 Å². The van der Waals surface area contributed by atoms with E-state index < -0.39 is 0 Å². The van der Waals surface area contributed by atoms with Crippen LogP contribution >= 0.6 is 0 Å². The van der Waals surface area contributed by atoms with Crippen LogP contribution in [0.15, 0.2) is 10.5 Å². The standard InChI is InChI=1S/C15H25NO3/c1-4-17-9-12(3)18-10-14-7-11(2)15(19-14)8-16-13-5-6-13/h7,12-13,16H,4-6,8-10H2,1-3H3. The predicted molar refractivity (Wildman–Crippen MR) is 74.1 cm³/mol. The Kier molecular flexibility index (Phi) is 5.43. The Balaban J connectivity index is 1.74. The Bertz CT molecular complexity index is 385. The summed E-state index contributed by atoms with van der Waals surface area (Å²) in [6.07, 6.45) is 2.69. The van der Waals surface area contributed by atoms with Crippen LogP contribution in [0.3, 0.4) is 0 Å². The van der Waals surface area contributed by atoms with Crippen LogP contribution in [0.4, 0.5) is 0 Å². The van der Waals surface area contributed by atoms with Gasteiger partial charge in [0.25, 0.3) is 0 Å². The minimum absolute atomic E-state index is 0.0957. The van der Waals surface area contributed by atoms with Gasteiger partial charge in [0.05, 0.1) is 19.3 Å². The average molecular weight is 267 g/mol. The van der Waals surface area contributed by atoms with Crippen molar-refractivity contribution in [3.8, 4) is 0 Å². The van der Waals surface area contributed by atoms with E-state index in [0.717, 1.165) is 24.7 Å². The molecule has 0 spiro atoms. The third kappa shape index (κ3) is 4.97. The summed E-state index contributed by atoms with van der Waals surface area (Å²) >= 11 is 0. The largest absolute Gasteiger partial charge is 0.462 e. The maximum absolute atomic E-state index is 5.82. The monoisotopic (exact) mass is 267 g/mol. The molecule has 0 aliphatic heterocycles. The van der Waals surface area contributed by atoms with Gasteiger partial charge in [-0.15, -0.1) is 0 Å². The van der Waals surface area contributed by atoms with E-state index in [1.807, 2.05) is 13.8 Å². The highest BCUT2D eigenvalue weighted by molar-refractivity contribution is 5.19. The molecule has 0 amide bonds. The van der Waals surface area contributed by atoms with Gasteiger partial charge in [-0.2, -0.15) is 0 Å². The molecule has 1 aromatic rings. The number of hydrogen-bond acceptors (Lipinski definition) is 4. The summed E-state index contributed by atoms with van der Waals surface area (Å²) in [5.41, 5.74) is 1.20. The predicted octanol–water partition coefficient (Wildman–Crippen LogP) is 2.78. The molecule has 1 N–H and O–H groups in total. The maximum Gasteiger partial charge on any atom is 0.130 e. The van der Waals surface area contributed by atoms with Crippen molar-refractivity contribution in [1.82, 2.24) is 5.32 Å². The van der Waals surface area contributed by atoms with Gasteiger partial charge in [0.15, 0.2) is 0 Å². The summed E-state index contributed by atoms with van der Waals surface area (Å²) < 4.78 is 16.8. The van der Waals surface area contributed by atoms with Gasteiger partial charge in [-0.3, -0.25) is 0 Å². The lowest BCUT2D eigenvalue weighted by atomic mass is 10.2. The first-order valence-corrected chi connectivity index (χ1v) is 7.20. The van der Waals surface area contributed by atoms with E-state index in [2.05, 4.69) is 18.3 Å². The van der Waals surface area contributed by atoms with Gasteiger partial charge in [0.1, 0.15) is 18.1 Å². The second-order valence-corrected chi connectivity index (χ2v) is 5.26. The molecule has 1 aliphatic rings. The van der Waals surface area contributed by atoms with Crippen LogP contribution in [0.25, 0.3) is 0 Å². The molecule has 2 rings (SSSR count). The summed E-state index contributed by atoms with van der Waals surface area (Å²) in [6, 6.07) is 2.77. The zero-order valence-corrected chi connectivity index (χ0v) is 12.2. The first kappa shape index (κ1) is 14.6. The lowest BCUT2D eigenvalue weighted by molar-refractivity contribution is -0.0173. The lowest BCUT2D eigenvalue weighted by Gasteiger charge is -2.11. The molecule has 0 saturated heterocycles. The van der Waals surface area contributed by atoms with Gasteiger partial charge in [-0.05, 0) is 45.2 Å². The number of furan rings is 1. The van der Waals surface area contributed by atoms with Crippen molar-refractivity contribution in [2.75, 3.05) is 13.2 Å². The zero-order valence-electron chi connectivity index (χ0n) is 12.2. The second-order valence-electron chi connectivity index (χ2n) is 5.26. The first-order chi connectivity index (χ1) is 9.19. The highest BCUT2D eigenvalue weighted by atomic mass is 16.5. The third-order valence-corrected chi connectivity index (χ3v) is 3.27. The minimum Gasteiger partial charge on any atom is -0.462 e. The summed E-state index contributed by atoms with van der Waals surface area (Å²) in [5.74, 6) is 1.93. The van der Waals surface area contributed by atoms with E-state index in [1.165, 1.54) is 18.4 Å². The van der Waals surface area contributed by atoms with Crippen molar-refractivity contribution < 1.29 is 13.9 Å². The van der Waals surface area contributed by atoms with Crippen molar-refractivity contribution in [2.24, 2.45) is 0 Å². The zero-order chi connectivity index (χ0) is 13.7. The molecule has 1 heterocycles. The Hall–Kier alpha value is -0.840. The molecule has 1 aromatic heterocycles. The van der Waals surface area contributed by atoms with E-state index in [9.17, 15) is 0 Å². The summed E-state index contributed by atoms with van der Waals surface area (Å²) in [4.78, 5) is 0. The fourth-order valence-electron chi connectivity index (χ4n) is 1.92. The first-order valence-electron chi connectivity index (χ1n) is 7.20. The number of rotatable bonds is 9. The molecule has 4 nitrogen and oxygen atoms in total. The topological polar surface area (TPSA) is 43.6 Å². The molecule has 0 radical (unpaired) electrons. The van der Waals surface area contributed by atoms with Crippen LogP contribution in [0, 0.1) is 6.92 Å². The molecule has 4 heteroatoms. The molecule has 1 saturated carbocycles. The van der Waals surface area contributed by atoms with Crippen molar-refractivity contribution in [3.05, 3.63) is 23.2 Å².